The van der Waals surface area contributed by atoms with Crippen LogP contribution in [0.4, 0.5) is 0 Å². The van der Waals surface area contributed by atoms with Crippen LogP contribution in [0.15, 0.2) is 23.4 Å². The maximum absolute atomic E-state index is 8.26. The third-order valence-corrected chi connectivity index (χ3v) is 1.92. The molecule has 0 radical (unpaired) electrons. The largest absolute Gasteiger partial charge is 0.411 e. The second kappa shape index (κ2) is 3.39. The van der Waals surface area contributed by atoms with Crippen LogP contribution in [0.3, 0.4) is 0 Å². The van der Waals surface area contributed by atoms with Gasteiger partial charge in [0.25, 0.3) is 0 Å². The maximum atomic E-state index is 8.26. The molecule has 1 rings (SSSR count). The number of hydrogen-bond donors (Lipinski definition) is 1. The van der Waals surface area contributed by atoms with Crippen molar-refractivity contribution in [3.63, 3.8) is 0 Å². The number of hydrogen-bond acceptors (Lipinski definition) is 2. The molecular formula is C8H8ClNO. The van der Waals surface area contributed by atoms with E-state index in [2.05, 4.69) is 5.16 Å². The molecule has 0 atom stereocenters. The fourth-order valence-electron chi connectivity index (χ4n) is 0.826. The standard InChI is InChI=1S/C8H8ClNO/c1-6-7(5-10-11)3-2-4-8(6)9/h2-5,11H,1H3. The minimum absolute atomic E-state index is 0.683. The molecule has 58 valence electrons. The molecule has 0 fully saturated rings. The van der Waals surface area contributed by atoms with Crippen LogP contribution in [0.5, 0.6) is 0 Å². The fourth-order valence-corrected chi connectivity index (χ4v) is 1.01. The summed E-state index contributed by atoms with van der Waals surface area (Å²) in [6.45, 7) is 1.87. The molecule has 0 saturated heterocycles. The van der Waals surface area contributed by atoms with Crippen LogP contribution in [0.1, 0.15) is 11.1 Å². The van der Waals surface area contributed by atoms with Gasteiger partial charge < -0.3 is 5.21 Å². The molecule has 0 unspecified atom stereocenters. The zero-order chi connectivity index (χ0) is 8.27. The third kappa shape index (κ3) is 1.71. The Morgan fingerprint density at radius 3 is 2.91 bits per heavy atom. The number of halogens is 1. The van der Waals surface area contributed by atoms with Crippen molar-refractivity contribution in [3.05, 3.63) is 34.3 Å². The Kier molecular flexibility index (Phi) is 2.49. The molecule has 0 aliphatic rings. The van der Waals surface area contributed by atoms with E-state index in [4.69, 9.17) is 16.8 Å². The van der Waals surface area contributed by atoms with E-state index >= 15 is 0 Å². The molecule has 0 saturated carbocycles. The van der Waals surface area contributed by atoms with Crippen molar-refractivity contribution in [1.82, 2.24) is 0 Å². The molecule has 3 heteroatoms. The van der Waals surface area contributed by atoms with Crippen molar-refractivity contribution >= 4 is 17.8 Å². The van der Waals surface area contributed by atoms with Crippen LogP contribution in [0.25, 0.3) is 0 Å². The fraction of sp³-hybridized carbons (Fsp3) is 0.125. The third-order valence-electron chi connectivity index (χ3n) is 1.51. The van der Waals surface area contributed by atoms with E-state index in [1.807, 2.05) is 19.1 Å². The van der Waals surface area contributed by atoms with E-state index in [0.29, 0.717) is 5.02 Å². The van der Waals surface area contributed by atoms with Gasteiger partial charge in [0.15, 0.2) is 0 Å². The minimum Gasteiger partial charge on any atom is -0.411 e. The molecule has 0 aliphatic carbocycles. The second-order valence-electron chi connectivity index (χ2n) is 2.20. The summed E-state index contributed by atoms with van der Waals surface area (Å²) in [6, 6.07) is 5.44. The number of rotatable bonds is 1. The Hall–Kier alpha value is -1.02. The van der Waals surface area contributed by atoms with Crippen LogP contribution >= 0.6 is 11.6 Å². The smallest absolute Gasteiger partial charge is 0.0737 e. The highest BCUT2D eigenvalue weighted by Gasteiger charge is 1.97. The molecule has 0 spiro atoms. The summed E-state index contributed by atoms with van der Waals surface area (Å²) in [5.41, 5.74) is 1.76. The van der Waals surface area contributed by atoms with Gasteiger partial charge >= 0.3 is 0 Å². The molecule has 1 N–H and O–H groups in total. The van der Waals surface area contributed by atoms with Crippen molar-refractivity contribution in [1.29, 1.82) is 0 Å². The van der Waals surface area contributed by atoms with Crippen LogP contribution in [-0.2, 0) is 0 Å². The van der Waals surface area contributed by atoms with Crippen molar-refractivity contribution < 1.29 is 5.21 Å². The molecule has 0 bridgehead atoms. The summed E-state index contributed by atoms with van der Waals surface area (Å²) >= 11 is 5.81. The van der Waals surface area contributed by atoms with Gasteiger partial charge in [-0.25, -0.2) is 0 Å². The van der Waals surface area contributed by atoms with Gasteiger partial charge in [-0.15, -0.1) is 0 Å². The molecule has 0 amide bonds. The highest BCUT2D eigenvalue weighted by molar-refractivity contribution is 6.31. The molecule has 0 aromatic heterocycles. The Bertz CT molecular complexity index is 283. The quantitative estimate of drug-likeness (QED) is 0.391. The van der Waals surface area contributed by atoms with Gasteiger partial charge in [0, 0.05) is 10.6 Å². The first-order valence-corrected chi connectivity index (χ1v) is 3.56. The SMILES string of the molecule is Cc1c(Cl)cccc1C=NO. The summed E-state index contributed by atoms with van der Waals surface area (Å²) in [5, 5.41) is 11.9. The number of nitrogens with zero attached hydrogens (tertiary/aromatic N) is 1. The van der Waals surface area contributed by atoms with E-state index in [1.165, 1.54) is 6.21 Å². The zero-order valence-corrected chi connectivity index (χ0v) is 6.84. The summed E-state index contributed by atoms with van der Waals surface area (Å²) in [4.78, 5) is 0. The molecule has 0 aliphatic heterocycles. The van der Waals surface area contributed by atoms with E-state index in [0.717, 1.165) is 11.1 Å². The van der Waals surface area contributed by atoms with Gasteiger partial charge in [0.1, 0.15) is 0 Å². The van der Waals surface area contributed by atoms with E-state index < -0.39 is 0 Å². The minimum atomic E-state index is 0.683. The van der Waals surface area contributed by atoms with Gasteiger partial charge in [-0.3, -0.25) is 0 Å². The Balaban J connectivity index is 3.16. The Morgan fingerprint density at radius 1 is 1.55 bits per heavy atom. The first-order valence-electron chi connectivity index (χ1n) is 3.18. The van der Waals surface area contributed by atoms with Gasteiger partial charge in [0.2, 0.25) is 0 Å². The van der Waals surface area contributed by atoms with Crippen molar-refractivity contribution in [2.24, 2.45) is 5.16 Å². The second-order valence-corrected chi connectivity index (χ2v) is 2.61. The summed E-state index contributed by atoms with van der Waals surface area (Å²) in [6.07, 6.45) is 1.36. The van der Waals surface area contributed by atoms with Crippen LogP contribution < -0.4 is 0 Å². The predicted molar refractivity (Wildman–Crippen MR) is 45.6 cm³/mol. The van der Waals surface area contributed by atoms with Gasteiger partial charge in [-0.1, -0.05) is 28.9 Å². The summed E-state index contributed by atoms with van der Waals surface area (Å²) in [7, 11) is 0. The van der Waals surface area contributed by atoms with E-state index in [9.17, 15) is 0 Å². The van der Waals surface area contributed by atoms with Crippen molar-refractivity contribution in [2.75, 3.05) is 0 Å². The van der Waals surface area contributed by atoms with Gasteiger partial charge in [-0.2, -0.15) is 0 Å². The first kappa shape index (κ1) is 8.08. The van der Waals surface area contributed by atoms with Gasteiger partial charge in [0.05, 0.1) is 6.21 Å². The lowest BCUT2D eigenvalue weighted by Crippen LogP contribution is -1.86. The summed E-state index contributed by atoms with van der Waals surface area (Å²) < 4.78 is 0. The van der Waals surface area contributed by atoms with Crippen LogP contribution in [-0.4, -0.2) is 11.4 Å². The Morgan fingerprint density at radius 2 is 2.27 bits per heavy atom. The van der Waals surface area contributed by atoms with Crippen molar-refractivity contribution in [2.45, 2.75) is 6.92 Å². The zero-order valence-electron chi connectivity index (χ0n) is 6.08. The lowest BCUT2D eigenvalue weighted by molar-refractivity contribution is 0.322. The van der Waals surface area contributed by atoms with Gasteiger partial charge in [-0.05, 0) is 18.6 Å². The lowest BCUT2D eigenvalue weighted by Gasteiger charge is -1.99. The maximum Gasteiger partial charge on any atom is 0.0737 e. The van der Waals surface area contributed by atoms with Crippen molar-refractivity contribution in [3.8, 4) is 0 Å². The highest BCUT2D eigenvalue weighted by atomic mass is 35.5. The topological polar surface area (TPSA) is 32.6 Å². The molecule has 1 aromatic rings. The molecule has 0 heterocycles. The predicted octanol–water partition coefficient (Wildman–Crippen LogP) is 2.46. The first-order chi connectivity index (χ1) is 5.25. The average Bonchev–Trinajstić information content (AvgIpc) is 1.99. The molecule has 1 aromatic carbocycles. The van der Waals surface area contributed by atoms with Crippen LogP contribution in [0, 0.1) is 6.92 Å². The van der Waals surface area contributed by atoms with E-state index in [1.54, 1.807) is 6.07 Å². The highest BCUT2D eigenvalue weighted by Crippen LogP contribution is 2.16. The number of benzene rings is 1. The monoisotopic (exact) mass is 169 g/mol. The Labute approximate surface area is 70.1 Å². The summed E-state index contributed by atoms with van der Waals surface area (Å²) in [5.74, 6) is 0. The molecule has 11 heavy (non-hydrogen) atoms. The molecular weight excluding hydrogens is 162 g/mol. The van der Waals surface area contributed by atoms with E-state index in [-0.39, 0.29) is 0 Å². The average molecular weight is 170 g/mol. The molecule has 2 nitrogen and oxygen atoms in total. The number of oxime groups is 1. The van der Waals surface area contributed by atoms with Crippen LogP contribution in [0.2, 0.25) is 5.02 Å². The lowest BCUT2D eigenvalue weighted by atomic mass is 10.1. The normalized spacial score (nSPS) is 10.7.